The smallest absolute Gasteiger partial charge is 0.193 e. The second kappa shape index (κ2) is 7.35. The van der Waals surface area contributed by atoms with Crippen LogP contribution in [-0.4, -0.2) is 5.78 Å². The number of nitrogens with zero attached hydrogens (tertiary/aromatic N) is 2. The van der Waals surface area contributed by atoms with E-state index < -0.39 is 0 Å². The fourth-order valence-electron chi connectivity index (χ4n) is 2.76. The van der Waals surface area contributed by atoms with Crippen molar-refractivity contribution in [2.24, 2.45) is 0 Å². The Morgan fingerprint density at radius 1 is 0.808 bits per heavy atom. The summed E-state index contributed by atoms with van der Waals surface area (Å²) in [6.45, 7) is 7.80. The number of hydrogen-bond donors (Lipinski definition) is 0. The van der Waals surface area contributed by atoms with E-state index in [9.17, 15) is 15.3 Å². The Kier molecular flexibility index (Phi) is 5.76. The minimum atomic E-state index is -0.364. The van der Waals surface area contributed by atoms with Crippen LogP contribution in [0.2, 0.25) is 0 Å². The highest BCUT2D eigenvalue weighted by Crippen LogP contribution is 2.34. The fourth-order valence-corrected chi connectivity index (χ4v) is 3.45. The molecule has 26 heavy (non-hydrogen) atoms. The van der Waals surface area contributed by atoms with Gasteiger partial charge in [0.1, 0.15) is 0 Å². The summed E-state index contributed by atoms with van der Waals surface area (Å²) in [6, 6.07) is 14.6. The Morgan fingerprint density at radius 2 is 1.15 bits per heavy atom. The number of benzene rings is 2. The number of carbonyl (C=O) groups is 1. The molecule has 0 saturated carbocycles. The fraction of sp³-hybridized carbons (Fsp3) is 0.286. The predicted molar refractivity (Wildman–Crippen MR) is 110 cm³/mol. The van der Waals surface area contributed by atoms with E-state index in [2.05, 4.69) is 44.0 Å². The number of ketones is 1. The molecule has 0 amide bonds. The number of hydrogen-bond acceptors (Lipinski definition) is 3. The molecule has 132 valence electrons. The molecule has 5 heteroatoms. The molecule has 0 fully saturated rings. The monoisotopic (exact) mass is 472 g/mol. The highest BCUT2D eigenvalue weighted by atomic mass is 79.9. The van der Waals surface area contributed by atoms with Gasteiger partial charge in [-0.1, -0.05) is 56.1 Å². The lowest BCUT2D eigenvalue weighted by molar-refractivity contribution is 0.103. The average Bonchev–Trinajstić information content (AvgIpc) is 2.58. The molecule has 0 aliphatic rings. The molecule has 3 nitrogen and oxygen atoms in total. The molecule has 0 spiro atoms. The van der Waals surface area contributed by atoms with Crippen LogP contribution in [0.1, 0.15) is 65.9 Å². The first-order chi connectivity index (χ1) is 12.0. The van der Waals surface area contributed by atoms with Gasteiger partial charge in [0.15, 0.2) is 5.78 Å². The van der Waals surface area contributed by atoms with E-state index in [1.54, 1.807) is 36.4 Å². The van der Waals surface area contributed by atoms with Crippen LogP contribution in [0.15, 0.2) is 36.4 Å². The summed E-state index contributed by atoms with van der Waals surface area (Å²) in [5.41, 5.74) is 3.41. The van der Waals surface area contributed by atoms with Crippen LogP contribution in [0, 0.1) is 22.7 Å². The molecule has 2 aromatic rings. The van der Waals surface area contributed by atoms with Crippen molar-refractivity contribution in [1.82, 2.24) is 0 Å². The van der Waals surface area contributed by atoms with Crippen LogP contribution in [0.5, 0.6) is 0 Å². The predicted octanol–water partition coefficient (Wildman–Crippen LogP) is 5.92. The maximum Gasteiger partial charge on any atom is 0.193 e. The molecule has 0 radical (unpaired) electrons. The van der Waals surface area contributed by atoms with Crippen molar-refractivity contribution in [3.63, 3.8) is 0 Å². The molecule has 2 rings (SSSR count). The molecule has 0 saturated heterocycles. The molecule has 0 aromatic heterocycles. The van der Waals surface area contributed by atoms with Gasteiger partial charge >= 0.3 is 0 Å². The van der Waals surface area contributed by atoms with Crippen molar-refractivity contribution in [1.29, 1.82) is 10.5 Å². The van der Waals surface area contributed by atoms with Gasteiger partial charge in [-0.05, 0) is 51.0 Å². The van der Waals surface area contributed by atoms with Gasteiger partial charge in [-0.15, -0.1) is 0 Å². The third-order valence-corrected chi connectivity index (χ3v) is 4.94. The molecule has 0 aliphatic heterocycles. The molecule has 2 aromatic carbocycles. The maximum atomic E-state index is 12.9. The van der Waals surface area contributed by atoms with Gasteiger partial charge < -0.3 is 0 Å². The lowest BCUT2D eigenvalue weighted by Crippen LogP contribution is -2.12. The number of alkyl halides is 2. The SMILES string of the molecule is CC(C)(Br)c1ccc(C(=O)c2ccc(C(C)(C)Br)c(C#N)c2)cc1C#N. The minimum Gasteiger partial charge on any atom is -0.289 e. The Balaban J connectivity index is 2.51. The van der Waals surface area contributed by atoms with Crippen molar-refractivity contribution in [2.45, 2.75) is 36.3 Å². The summed E-state index contributed by atoms with van der Waals surface area (Å²) in [5.74, 6) is -0.212. The highest BCUT2D eigenvalue weighted by molar-refractivity contribution is 9.09. The Labute approximate surface area is 170 Å². The van der Waals surface area contributed by atoms with Crippen molar-refractivity contribution in [2.75, 3.05) is 0 Å². The van der Waals surface area contributed by atoms with Crippen LogP contribution in [0.25, 0.3) is 0 Å². The van der Waals surface area contributed by atoms with Gasteiger partial charge in [-0.3, -0.25) is 4.79 Å². The number of rotatable bonds is 4. The quantitative estimate of drug-likeness (QED) is 0.408. The Morgan fingerprint density at radius 3 is 1.42 bits per heavy atom. The van der Waals surface area contributed by atoms with Crippen LogP contribution < -0.4 is 0 Å². The zero-order valence-electron chi connectivity index (χ0n) is 15.0. The van der Waals surface area contributed by atoms with Gasteiger partial charge in [0.25, 0.3) is 0 Å². The second-order valence-electron chi connectivity index (χ2n) is 7.02. The first-order valence-electron chi connectivity index (χ1n) is 8.01. The number of carbonyl (C=O) groups excluding carboxylic acids is 1. The third-order valence-electron chi connectivity index (χ3n) is 4.09. The van der Waals surface area contributed by atoms with E-state index in [0.29, 0.717) is 22.3 Å². The van der Waals surface area contributed by atoms with Gasteiger partial charge in [-0.25, -0.2) is 0 Å². The molecule has 0 heterocycles. The van der Waals surface area contributed by atoms with Crippen molar-refractivity contribution < 1.29 is 4.79 Å². The standard InChI is InChI=1S/C21H18Br2N2O/c1-20(2,22)17-7-5-13(9-15(17)11-24)19(26)14-6-8-18(21(3,4)23)16(10-14)12-25/h5-10H,1-4H3. The lowest BCUT2D eigenvalue weighted by Gasteiger charge is -2.19. The molecule has 0 N–H and O–H groups in total. The lowest BCUT2D eigenvalue weighted by atomic mass is 9.91. The summed E-state index contributed by atoms with van der Waals surface area (Å²) < 4.78 is -0.729. The summed E-state index contributed by atoms with van der Waals surface area (Å²) in [5, 5.41) is 18.9. The maximum absolute atomic E-state index is 12.9. The van der Waals surface area contributed by atoms with Crippen LogP contribution in [0.3, 0.4) is 0 Å². The molecular formula is C21H18Br2N2O. The second-order valence-corrected chi connectivity index (χ2v) is 11.0. The first kappa shape index (κ1) is 20.4. The third kappa shape index (κ3) is 4.23. The summed E-state index contributed by atoms with van der Waals surface area (Å²) in [7, 11) is 0. The van der Waals surface area contributed by atoms with Gasteiger partial charge in [-0.2, -0.15) is 10.5 Å². The minimum absolute atomic E-state index is 0.212. The van der Waals surface area contributed by atoms with E-state index in [1.165, 1.54) is 0 Å². The Hall–Kier alpha value is -1.95. The average molecular weight is 474 g/mol. The zero-order chi connectivity index (χ0) is 19.7. The van der Waals surface area contributed by atoms with Gasteiger partial charge in [0, 0.05) is 19.8 Å². The van der Waals surface area contributed by atoms with Gasteiger partial charge in [0.2, 0.25) is 0 Å². The van der Waals surface area contributed by atoms with E-state index in [4.69, 9.17) is 0 Å². The number of halogens is 2. The summed E-state index contributed by atoms with van der Waals surface area (Å²) in [6.07, 6.45) is 0. The largest absolute Gasteiger partial charge is 0.289 e. The molecule has 0 aliphatic carbocycles. The molecule has 0 unspecified atom stereocenters. The zero-order valence-corrected chi connectivity index (χ0v) is 18.2. The molecule has 0 bridgehead atoms. The highest BCUT2D eigenvalue weighted by Gasteiger charge is 2.23. The topological polar surface area (TPSA) is 64.7 Å². The summed E-state index contributed by atoms with van der Waals surface area (Å²) in [4.78, 5) is 12.9. The van der Waals surface area contributed by atoms with Crippen LogP contribution in [0.4, 0.5) is 0 Å². The van der Waals surface area contributed by atoms with E-state index in [0.717, 1.165) is 11.1 Å². The van der Waals surface area contributed by atoms with Crippen molar-refractivity contribution in [3.8, 4) is 12.1 Å². The van der Waals surface area contributed by atoms with Crippen LogP contribution in [-0.2, 0) is 8.65 Å². The van der Waals surface area contributed by atoms with Crippen LogP contribution >= 0.6 is 31.9 Å². The molecule has 0 atom stereocenters. The first-order valence-corrected chi connectivity index (χ1v) is 9.59. The summed E-state index contributed by atoms with van der Waals surface area (Å²) >= 11 is 7.11. The van der Waals surface area contributed by atoms with Gasteiger partial charge in [0.05, 0.1) is 23.3 Å². The number of nitriles is 2. The van der Waals surface area contributed by atoms with E-state index >= 15 is 0 Å². The molecular weight excluding hydrogens is 456 g/mol. The van der Waals surface area contributed by atoms with E-state index in [1.807, 2.05) is 27.7 Å². The Bertz CT molecular complexity index is 874. The van der Waals surface area contributed by atoms with Crippen molar-refractivity contribution in [3.05, 3.63) is 69.8 Å². The van der Waals surface area contributed by atoms with E-state index in [-0.39, 0.29) is 14.4 Å². The van der Waals surface area contributed by atoms with Crippen molar-refractivity contribution >= 4 is 37.6 Å². The normalized spacial score (nSPS) is 11.5.